The van der Waals surface area contributed by atoms with Crippen LogP contribution in [-0.2, 0) is 5.41 Å². The zero-order chi connectivity index (χ0) is 14.6. The lowest BCUT2D eigenvalue weighted by atomic mass is 9.96. The van der Waals surface area contributed by atoms with Crippen LogP contribution in [0.3, 0.4) is 0 Å². The van der Waals surface area contributed by atoms with Crippen LogP contribution < -0.4 is 4.90 Å². The molecule has 0 aliphatic carbocycles. The predicted molar refractivity (Wildman–Crippen MR) is 83.1 cm³/mol. The van der Waals surface area contributed by atoms with Crippen LogP contribution in [0.25, 0.3) is 0 Å². The summed E-state index contributed by atoms with van der Waals surface area (Å²) in [6.45, 7) is 14.9. The van der Waals surface area contributed by atoms with Gasteiger partial charge in [0.2, 0.25) is 0 Å². The van der Waals surface area contributed by atoms with E-state index < -0.39 is 0 Å². The molecule has 0 bridgehead atoms. The Bertz CT molecular complexity index is 412. The third-order valence-electron chi connectivity index (χ3n) is 3.29. The molecule has 0 aliphatic rings. The summed E-state index contributed by atoms with van der Waals surface area (Å²) in [7, 11) is 0. The van der Waals surface area contributed by atoms with Gasteiger partial charge in [-0.1, -0.05) is 52.6 Å². The van der Waals surface area contributed by atoms with E-state index in [2.05, 4.69) is 51.4 Å². The Hall–Kier alpha value is -0.830. The number of nitrogens with zero attached hydrogens (tertiary/aromatic N) is 3. The molecular weight excluding hydrogens is 258 g/mol. The highest BCUT2D eigenvalue weighted by molar-refractivity contribution is 6.29. The van der Waals surface area contributed by atoms with Gasteiger partial charge in [0.1, 0.15) is 16.8 Å². The third kappa shape index (κ3) is 4.64. The van der Waals surface area contributed by atoms with Crippen molar-refractivity contribution in [3.8, 4) is 0 Å². The van der Waals surface area contributed by atoms with Gasteiger partial charge < -0.3 is 4.90 Å². The van der Waals surface area contributed by atoms with E-state index in [1.807, 2.05) is 6.07 Å². The van der Waals surface area contributed by atoms with Crippen LogP contribution in [0.4, 0.5) is 5.82 Å². The quantitative estimate of drug-likeness (QED) is 0.755. The summed E-state index contributed by atoms with van der Waals surface area (Å²) in [4.78, 5) is 11.3. The first kappa shape index (κ1) is 16.2. The zero-order valence-corrected chi connectivity index (χ0v) is 13.8. The monoisotopic (exact) mass is 283 g/mol. The molecule has 0 aromatic carbocycles. The van der Waals surface area contributed by atoms with Crippen LogP contribution in [0.5, 0.6) is 0 Å². The largest absolute Gasteiger partial charge is 0.356 e. The zero-order valence-electron chi connectivity index (χ0n) is 13.0. The smallest absolute Gasteiger partial charge is 0.137 e. The Labute approximate surface area is 122 Å². The Morgan fingerprint density at radius 3 is 2.37 bits per heavy atom. The van der Waals surface area contributed by atoms with E-state index in [0.29, 0.717) is 11.1 Å². The third-order valence-corrected chi connectivity index (χ3v) is 3.48. The first-order valence-corrected chi connectivity index (χ1v) is 7.45. The molecule has 0 N–H and O–H groups in total. The van der Waals surface area contributed by atoms with Gasteiger partial charge >= 0.3 is 0 Å². The van der Waals surface area contributed by atoms with Crippen LogP contribution in [0.1, 0.15) is 53.8 Å². The molecule has 0 saturated heterocycles. The normalized spacial score (nSPS) is 13.4. The van der Waals surface area contributed by atoms with E-state index in [-0.39, 0.29) is 5.41 Å². The van der Waals surface area contributed by atoms with Gasteiger partial charge in [-0.3, -0.25) is 0 Å². The van der Waals surface area contributed by atoms with Crippen molar-refractivity contribution in [3.05, 3.63) is 17.0 Å². The minimum absolute atomic E-state index is 0.0879. The summed E-state index contributed by atoms with van der Waals surface area (Å²) in [5.74, 6) is 2.39. The topological polar surface area (TPSA) is 29.0 Å². The van der Waals surface area contributed by atoms with Gasteiger partial charge in [0, 0.05) is 24.6 Å². The lowest BCUT2D eigenvalue weighted by Gasteiger charge is -2.27. The van der Waals surface area contributed by atoms with Gasteiger partial charge in [0.25, 0.3) is 0 Å². The Morgan fingerprint density at radius 2 is 1.89 bits per heavy atom. The fourth-order valence-electron chi connectivity index (χ4n) is 1.79. The van der Waals surface area contributed by atoms with Gasteiger partial charge in [-0.15, -0.1) is 0 Å². The minimum Gasteiger partial charge on any atom is -0.356 e. The van der Waals surface area contributed by atoms with Crippen molar-refractivity contribution in [2.75, 3.05) is 18.0 Å². The molecule has 108 valence electrons. The van der Waals surface area contributed by atoms with Gasteiger partial charge in [-0.2, -0.15) is 0 Å². The van der Waals surface area contributed by atoms with Gasteiger partial charge in [-0.05, 0) is 12.8 Å². The molecule has 1 unspecified atom stereocenters. The molecule has 0 aliphatic heterocycles. The number of hydrogen-bond acceptors (Lipinski definition) is 3. The maximum absolute atomic E-state index is 6.15. The molecule has 1 aromatic heterocycles. The second kappa shape index (κ2) is 6.56. The number of halogens is 1. The van der Waals surface area contributed by atoms with Crippen LogP contribution in [-0.4, -0.2) is 23.1 Å². The summed E-state index contributed by atoms with van der Waals surface area (Å²) < 4.78 is 0. The van der Waals surface area contributed by atoms with E-state index in [0.717, 1.165) is 24.7 Å². The standard InChI is InChI=1S/C15H26ClN3/c1-7-11(3)10-19(8-2)13-9-12(16)17-14(18-13)15(4,5)6/h9,11H,7-8,10H2,1-6H3. The molecule has 1 rings (SSSR count). The minimum atomic E-state index is -0.0879. The van der Waals surface area contributed by atoms with Crippen molar-refractivity contribution in [3.63, 3.8) is 0 Å². The molecule has 1 atom stereocenters. The Kier molecular flexibility index (Phi) is 5.60. The predicted octanol–water partition coefficient (Wildman–Crippen LogP) is 4.30. The van der Waals surface area contributed by atoms with Gasteiger partial charge in [0.15, 0.2) is 0 Å². The van der Waals surface area contributed by atoms with Crippen molar-refractivity contribution in [2.24, 2.45) is 5.92 Å². The lowest BCUT2D eigenvalue weighted by Crippen LogP contribution is -2.30. The van der Waals surface area contributed by atoms with E-state index in [9.17, 15) is 0 Å². The van der Waals surface area contributed by atoms with Crippen LogP contribution >= 0.6 is 11.6 Å². The fraction of sp³-hybridized carbons (Fsp3) is 0.733. The van der Waals surface area contributed by atoms with Crippen molar-refractivity contribution in [2.45, 2.75) is 53.4 Å². The highest BCUT2D eigenvalue weighted by Gasteiger charge is 2.20. The average molecular weight is 284 g/mol. The maximum atomic E-state index is 6.15. The molecule has 4 heteroatoms. The summed E-state index contributed by atoms with van der Waals surface area (Å²) >= 11 is 6.15. The highest BCUT2D eigenvalue weighted by atomic mass is 35.5. The van der Waals surface area contributed by atoms with Crippen LogP contribution in [0, 0.1) is 5.92 Å². The van der Waals surface area contributed by atoms with Crippen molar-refractivity contribution in [1.29, 1.82) is 0 Å². The van der Waals surface area contributed by atoms with Crippen LogP contribution in [0.15, 0.2) is 6.07 Å². The number of hydrogen-bond donors (Lipinski definition) is 0. The van der Waals surface area contributed by atoms with E-state index in [1.165, 1.54) is 6.42 Å². The molecule has 0 radical (unpaired) electrons. The lowest BCUT2D eigenvalue weighted by molar-refractivity contribution is 0.530. The Morgan fingerprint density at radius 1 is 1.26 bits per heavy atom. The van der Waals surface area contributed by atoms with E-state index >= 15 is 0 Å². The number of rotatable bonds is 5. The first-order chi connectivity index (χ1) is 8.77. The maximum Gasteiger partial charge on any atom is 0.137 e. The van der Waals surface area contributed by atoms with E-state index in [1.54, 1.807) is 0 Å². The second-order valence-electron chi connectivity index (χ2n) is 6.17. The van der Waals surface area contributed by atoms with Gasteiger partial charge in [0.05, 0.1) is 0 Å². The summed E-state index contributed by atoms with van der Waals surface area (Å²) in [5.41, 5.74) is -0.0879. The molecule has 3 nitrogen and oxygen atoms in total. The highest BCUT2D eigenvalue weighted by Crippen LogP contribution is 2.24. The Balaban J connectivity index is 3.07. The van der Waals surface area contributed by atoms with Crippen molar-refractivity contribution >= 4 is 17.4 Å². The van der Waals surface area contributed by atoms with Gasteiger partial charge in [-0.25, -0.2) is 9.97 Å². The molecule has 19 heavy (non-hydrogen) atoms. The molecule has 1 heterocycles. The number of anilines is 1. The molecule has 1 aromatic rings. The first-order valence-electron chi connectivity index (χ1n) is 7.07. The average Bonchev–Trinajstić information content (AvgIpc) is 2.33. The summed E-state index contributed by atoms with van der Waals surface area (Å²) in [6, 6.07) is 1.86. The molecule has 0 amide bonds. The van der Waals surface area contributed by atoms with Crippen LogP contribution in [0.2, 0.25) is 5.15 Å². The number of aromatic nitrogens is 2. The second-order valence-corrected chi connectivity index (χ2v) is 6.56. The molecule has 0 spiro atoms. The molecular formula is C15H26ClN3. The summed E-state index contributed by atoms with van der Waals surface area (Å²) in [5, 5.41) is 0.525. The fourth-order valence-corrected chi connectivity index (χ4v) is 1.97. The molecule has 0 fully saturated rings. The molecule has 0 saturated carbocycles. The summed E-state index contributed by atoms with van der Waals surface area (Å²) in [6.07, 6.45) is 1.17. The SMILES string of the molecule is CCC(C)CN(CC)c1cc(Cl)nc(C(C)(C)C)n1. The van der Waals surface area contributed by atoms with E-state index in [4.69, 9.17) is 16.6 Å². The van der Waals surface area contributed by atoms with Crippen molar-refractivity contribution in [1.82, 2.24) is 9.97 Å². The van der Waals surface area contributed by atoms with Crippen molar-refractivity contribution < 1.29 is 0 Å².